The summed E-state index contributed by atoms with van der Waals surface area (Å²) in [4.78, 5) is 22.2. The van der Waals surface area contributed by atoms with Crippen LogP contribution in [-0.2, 0) is 4.79 Å². The van der Waals surface area contributed by atoms with Gasteiger partial charge in [0.2, 0.25) is 0 Å². The molecule has 0 spiro atoms. The second-order valence-corrected chi connectivity index (χ2v) is 5.72. The molecule has 1 unspecified atom stereocenters. The zero-order valence-electron chi connectivity index (χ0n) is 11.9. The molecule has 0 aliphatic carbocycles. The fourth-order valence-electron chi connectivity index (χ4n) is 1.79. The van der Waals surface area contributed by atoms with Gasteiger partial charge >= 0.3 is 12.0 Å². The highest BCUT2D eigenvalue weighted by molar-refractivity contribution is 9.10. The number of amides is 2. The van der Waals surface area contributed by atoms with Crippen molar-refractivity contribution < 1.29 is 19.1 Å². The Morgan fingerprint density at radius 3 is 2.71 bits per heavy atom. The lowest BCUT2D eigenvalue weighted by Gasteiger charge is -2.15. The Kier molecular flexibility index (Phi) is 6.61. The summed E-state index contributed by atoms with van der Waals surface area (Å²) in [5.41, 5.74) is 1.13. The minimum atomic E-state index is -0.854. The van der Waals surface area contributed by atoms with Gasteiger partial charge in [-0.25, -0.2) is 9.18 Å². The third kappa shape index (κ3) is 6.12. The first-order valence-electron chi connectivity index (χ1n) is 6.54. The third-order valence-corrected chi connectivity index (χ3v) is 3.53. The molecule has 2 amide bonds. The first-order chi connectivity index (χ1) is 9.79. The molecule has 7 heteroatoms. The van der Waals surface area contributed by atoms with Gasteiger partial charge in [0.05, 0.1) is 4.47 Å². The van der Waals surface area contributed by atoms with Crippen molar-refractivity contribution in [3.8, 4) is 0 Å². The number of halogens is 2. The van der Waals surface area contributed by atoms with Crippen LogP contribution in [0.1, 0.15) is 31.7 Å². The van der Waals surface area contributed by atoms with Gasteiger partial charge in [-0.2, -0.15) is 0 Å². The van der Waals surface area contributed by atoms with Gasteiger partial charge < -0.3 is 15.7 Å². The monoisotopic (exact) mass is 360 g/mol. The summed E-state index contributed by atoms with van der Waals surface area (Å²) in [6.45, 7) is 3.55. The number of carboxylic acid groups (broad SMARTS) is 1. The molecule has 0 saturated carbocycles. The van der Waals surface area contributed by atoms with E-state index in [1.807, 2.05) is 0 Å². The molecule has 0 aliphatic rings. The van der Waals surface area contributed by atoms with Crippen molar-refractivity contribution in [2.24, 2.45) is 0 Å². The predicted molar refractivity (Wildman–Crippen MR) is 81.9 cm³/mol. The molecule has 21 heavy (non-hydrogen) atoms. The zero-order valence-corrected chi connectivity index (χ0v) is 13.5. The van der Waals surface area contributed by atoms with Gasteiger partial charge in [-0.3, -0.25) is 4.79 Å². The number of rotatable bonds is 6. The quantitative estimate of drug-likeness (QED) is 0.724. The lowest BCUT2D eigenvalue weighted by atomic mass is 10.1. The Labute approximate surface area is 131 Å². The molecule has 0 aliphatic heterocycles. The lowest BCUT2D eigenvalue weighted by molar-refractivity contribution is -0.137. The zero-order chi connectivity index (χ0) is 16.0. The van der Waals surface area contributed by atoms with E-state index in [1.54, 1.807) is 19.9 Å². The topological polar surface area (TPSA) is 78.4 Å². The van der Waals surface area contributed by atoms with Crippen molar-refractivity contribution in [3.63, 3.8) is 0 Å². The number of aryl methyl sites for hydroxylation is 1. The Morgan fingerprint density at radius 2 is 2.10 bits per heavy atom. The summed E-state index contributed by atoms with van der Waals surface area (Å²) in [5, 5.41) is 13.8. The van der Waals surface area contributed by atoms with Crippen LogP contribution in [0.2, 0.25) is 0 Å². The van der Waals surface area contributed by atoms with E-state index >= 15 is 0 Å². The largest absolute Gasteiger partial charge is 0.481 e. The van der Waals surface area contributed by atoms with Crippen LogP contribution in [0.4, 0.5) is 14.9 Å². The number of hydrogen-bond donors (Lipinski definition) is 3. The number of anilines is 1. The predicted octanol–water partition coefficient (Wildman–Crippen LogP) is 3.66. The van der Waals surface area contributed by atoms with Crippen LogP contribution in [0.5, 0.6) is 0 Å². The van der Waals surface area contributed by atoms with E-state index < -0.39 is 17.8 Å². The summed E-state index contributed by atoms with van der Waals surface area (Å²) < 4.78 is 13.8. The van der Waals surface area contributed by atoms with Gasteiger partial charge in [0.15, 0.2) is 0 Å². The number of nitrogens with one attached hydrogen (secondary N) is 2. The molecular weight excluding hydrogens is 343 g/mol. The second-order valence-electron chi connectivity index (χ2n) is 4.87. The van der Waals surface area contributed by atoms with Gasteiger partial charge in [-0.15, -0.1) is 0 Å². The molecule has 116 valence electrons. The highest BCUT2D eigenvalue weighted by atomic mass is 79.9. The Balaban J connectivity index is 2.50. The van der Waals surface area contributed by atoms with Crippen molar-refractivity contribution in [3.05, 3.63) is 28.0 Å². The minimum Gasteiger partial charge on any atom is -0.481 e. The number of carbonyl (C=O) groups excluding carboxylic acids is 1. The molecule has 0 heterocycles. The fraction of sp³-hybridized carbons (Fsp3) is 0.429. The van der Waals surface area contributed by atoms with E-state index in [2.05, 4.69) is 26.6 Å². The van der Waals surface area contributed by atoms with E-state index in [1.165, 1.54) is 6.07 Å². The maximum absolute atomic E-state index is 13.4. The van der Waals surface area contributed by atoms with E-state index in [4.69, 9.17) is 5.11 Å². The highest BCUT2D eigenvalue weighted by Gasteiger charge is 2.11. The first kappa shape index (κ1) is 17.4. The molecule has 5 nitrogen and oxygen atoms in total. The number of carbonyl (C=O) groups is 2. The van der Waals surface area contributed by atoms with Gasteiger partial charge in [0.1, 0.15) is 5.82 Å². The van der Waals surface area contributed by atoms with Crippen LogP contribution >= 0.6 is 15.9 Å². The fourth-order valence-corrected chi connectivity index (χ4v) is 2.25. The molecule has 1 rings (SSSR count). The third-order valence-electron chi connectivity index (χ3n) is 2.92. The average molecular weight is 361 g/mol. The van der Waals surface area contributed by atoms with Crippen molar-refractivity contribution in [1.82, 2.24) is 5.32 Å². The summed E-state index contributed by atoms with van der Waals surface area (Å²) >= 11 is 3.08. The van der Waals surface area contributed by atoms with E-state index in [9.17, 15) is 14.0 Å². The molecule has 3 N–H and O–H groups in total. The summed E-state index contributed by atoms with van der Waals surface area (Å²) in [6.07, 6.45) is 1.13. The van der Waals surface area contributed by atoms with Crippen LogP contribution in [0.25, 0.3) is 0 Å². The molecule has 0 fully saturated rings. The van der Waals surface area contributed by atoms with Crippen molar-refractivity contribution in [2.75, 3.05) is 5.32 Å². The van der Waals surface area contributed by atoms with Gasteiger partial charge in [0, 0.05) is 18.2 Å². The molecule has 1 aromatic rings. The molecule has 1 atom stereocenters. The summed E-state index contributed by atoms with van der Waals surface area (Å²) in [5.74, 6) is -1.31. The molecular formula is C14H18BrFN2O3. The SMILES string of the molecule is Cc1cc(Br)c(F)cc1NC(=O)NC(C)CCCC(=O)O. The number of benzene rings is 1. The number of aliphatic carboxylic acids is 1. The Morgan fingerprint density at radius 1 is 1.43 bits per heavy atom. The van der Waals surface area contributed by atoms with Gasteiger partial charge in [-0.1, -0.05) is 0 Å². The molecule has 0 radical (unpaired) electrons. The molecule has 0 bridgehead atoms. The van der Waals surface area contributed by atoms with Gasteiger partial charge in [-0.05, 0) is 60.3 Å². The smallest absolute Gasteiger partial charge is 0.319 e. The van der Waals surface area contributed by atoms with Crippen LogP contribution in [0, 0.1) is 12.7 Å². The summed E-state index contributed by atoms with van der Waals surface area (Å²) in [7, 11) is 0. The number of carboxylic acids is 1. The molecule has 0 saturated heterocycles. The number of urea groups is 1. The van der Waals surface area contributed by atoms with E-state index in [0.29, 0.717) is 23.0 Å². The second kappa shape index (κ2) is 7.97. The van der Waals surface area contributed by atoms with E-state index in [-0.39, 0.29) is 12.5 Å². The van der Waals surface area contributed by atoms with Crippen molar-refractivity contribution >= 4 is 33.6 Å². The Bertz CT molecular complexity index is 537. The standard InChI is InChI=1S/C14H18BrFN2O3/c1-8-6-10(15)11(16)7-12(8)18-14(21)17-9(2)4-3-5-13(19)20/h6-7,9H,3-5H2,1-2H3,(H,19,20)(H2,17,18,21). The molecule has 1 aromatic carbocycles. The average Bonchev–Trinajstić information content (AvgIpc) is 2.35. The Hall–Kier alpha value is -1.63. The minimum absolute atomic E-state index is 0.0741. The highest BCUT2D eigenvalue weighted by Crippen LogP contribution is 2.23. The number of hydrogen-bond acceptors (Lipinski definition) is 2. The van der Waals surface area contributed by atoms with Gasteiger partial charge in [0.25, 0.3) is 0 Å². The first-order valence-corrected chi connectivity index (χ1v) is 7.34. The van der Waals surface area contributed by atoms with Crippen molar-refractivity contribution in [1.29, 1.82) is 0 Å². The maximum Gasteiger partial charge on any atom is 0.319 e. The summed E-state index contributed by atoms with van der Waals surface area (Å²) in [6, 6.07) is 2.22. The lowest BCUT2D eigenvalue weighted by Crippen LogP contribution is -2.36. The van der Waals surface area contributed by atoms with Crippen LogP contribution in [-0.4, -0.2) is 23.1 Å². The molecule has 0 aromatic heterocycles. The normalized spacial score (nSPS) is 11.8. The van der Waals surface area contributed by atoms with Crippen LogP contribution < -0.4 is 10.6 Å². The maximum atomic E-state index is 13.4. The van der Waals surface area contributed by atoms with E-state index in [0.717, 1.165) is 5.56 Å². The van der Waals surface area contributed by atoms with Crippen LogP contribution in [0.15, 0.2) is 16.6 Å². The van der Waals surface area contributed by atoms with Crippen molar-refractivity contribution in [2.45, 2.75) is 39.2 Å². The van der Waals surface area contributed by atoms with Crippen LogP contribution in [0.3, 0.4) is 0 Å².